The number of hydrogen-bond acceptors (Lipinski definition) is 11. The van der Waals surface area contributed by atoms with Gasteiger partial charge in [0, 0.05) is 65.5 Å². The highest BCUT2D eigenvalue weighted by Gasteiger charge is 2.52. The minimum absolute atomic E-state index is 0.181. The van der Waals surface area contributed by atoms with Crippen molar-refractivity contribution in [3.63, 3.8) is 0 Å². The van der Waals surface area contributed by atoms with Gasteiger partial charge in [0.2, 0.25) is 5.78 Å². The highest BCUT2D eigenvalue weighted by molar-refractivity contribution is 6.09. The minimum atomic E-state index is -1.28. The molecule has 3 aliphatic rings. The normalized spacial score (nSPS) is 22.0. The average Bonchev–Trinajstić information content (AvgIpc) is 3.52. The molecule has 3 unspecified atom stereocenters. The zero-order valence-corrected chi connectivity index (χ0v) is 26.1. The second-order valence-electron chi connectivity index (χ2n) is 10.8. The fourth-order valence-corrected chi connectivity index (χ4v) is 6.14. The maximum Gasteiger partial charge on any atom is 0.410 e. The number of anilines is 3. The number of esters is 1. The second kappa shape index (κ2) is 14.7. The molecule has 1 aromatic heterocycles. The molecule has 0 aliphatic carbocycles. The lowest BCUT2D eigenvalue weighted by atomic mass is 9.95. The summed E-state index contributed by atoms with van der Waals surface area (Å²) in [5.74, 6) is 0.0417. The van der Waals surface area contributed by atoms with Gasteiger partial charge in [0.05, 0.1) is 11.7 Å². The summed E-state index contributed by atoms with van der Waals surface area (Å²) < 4.78 is 16.1. The summed E-state index contributed by atoms with van der Waals surface area (Å²) in [4.78, 5) is 66.0. The van der Waals surface area contributed by atoms with Gasteiger partial charge in [-0.25, -0.2) is 14.6 Å². The number of piperidine rings is 1. The molecule has 3 fully saturated rings. The fourth-order valence-electron chi connectivity index (χ4n) is 6.14. The van der Waals surface area contributed by atoms with Gasteiger partial charge >= 0.3 is 12.1 Å². The molecule has 4 rings (SSSR count). The molecule has 0 spiro atoms. The van der Waals surface area contributed by atoms with E-state index in [2.05, 4.69) is 54.5 Å². The number of Topliss-reactive ketones (excluding diaryl/α,β-unsaturated/α-hetero) is 1. The van der Waals surface area contributed by atoms with Crippen LogP contribution in [0.5, 0.6) is 0 Å². The van der Waals surface area contributed by atoms with Gasteiger partial charge < -0.3 is 38.7 Å². The molecule has 43 heavy (non-hydrogen) atoms. The number of carbonyl (C=O) groups excluding carboxylic acids is 4. The van der Waals surface area contributed by atoms with Crippen molar-refractivity contribution in [3.8, 4) is 0 Å². The molecule has 238 valence electrons. The van der Waals surface area contributed by atoms with Gasteiger partial charge in [0.1, 0.15) is 5.82 Å². The van der Waals surface area contributed by atoms with Crippen molar-refractivity contribution < 1.29 is 33.4 Å². The zero-order chi connectivity index (χ0) is 31.1. The Kier molecular flexibility index (Phi) is 11.1. The summed E-state index contributed by atoms with van der Waals surface area (Å²) in [5.41, 5.74) is 1.06. The molecule has 13 nitrogen and oxygen atoms in total. The van der Waals surface area contributed by atoms with Crippen LogP contribution in [0.2, 0.25) is 0 Å². The Morgan fingerprint density at radius 1 is 0.930 bits per heavy atom. The van der Waals surface area contributed by atoms with Crippen LogP contribution in [0, 0.1) is 0 Å². The number of nitrogens with zero attached hydrogens (tertiary/aromatic N) is 6. The molecule has 3 saturated heterocycles. The lowest BCUT2D eigenvalue weighted by molar-refractivity contribution is -0.178. The largest absolute Gasteiger partial charge is 0.449 e. The van der Waals surface area contributed by atoms with Crippen molar-refractivity contribution in [2.75, 3.05) is 86.8 Å². The predicted octanol–water partition coefficient (Wildman–Crippen LogP) is 1.92. The van der Waals surface area contributed by atoms with Crippen LogP contribution in [0.4, 0.5) is 22.1 Å². The van der Waals surface area contributed by atoms with Crippen LogP contribution in [-0.2, 0) is 28.6 Å². The van der Waals surface area contributed by atoms with E-state index in [1.165, 1.54) is 0 Å². The number of amides is 2. The zero-order valence-electron chi connectivity index (χ0n) is 26.1. The lowest BCUT2D eigenvalue weighted by Crippen LogP contribution is -2.62. The molecule has 0 saturated carbocycles. The number of ether oxygens (including phenoxy) is 3. The maximum absolute atomic E-state index is 13.0. The van der Waals surface area contributed by atoms with Gasteiger partial charge in [0.25, 0.3) is 5.91 Å². The van der Waals surface area contributed by atoms with Crippen molar-refractivity contribution in [2.24, 2.45) is 0 Å². The van der Waals surface area contributed by atoms with Crippen molar-refractivity contribution >= 4 is 41.1 Å². The Balaban J connectivity index is 1.34. The number of pyridine rings is 1. The van der Waals surface area contributed by atoms with E-state index in [1.807, 2.05) is 0 Å². The fraction of sp³-hybridized carbons (Fsp3) is 0.700. The third kappa shape index (κ3) is 6.97. The molecule has 0 aromatic carbocycles. The third-order valence-corrected chi connectivity index (χ3v) is 8.47. The first-order chi connectivity index (χ1) is 20.8. The van der Waals surface area contributed by atoms with Crippen molar-refractivity contribution in [1.29, 1.82) is 0 Å². The molecular weight excluding hydrogens is 556 g/mol. The van der Waals surface area contributed by atoms with E-state index in [4.69, 9.17) is 19.2 Å². The van der Waals surface area contributed by atoms with E-state index in [-0.39, 0.29) is 12.5 Å². The van der Waals surface area contributed by atoms with Crippen LogP contribution in [0.25, 0.3) is 0 Å². The van der Waals surface area contributed by atoms with Gasteiger partial charge in [-0.3, -0.25) is 9.59 Å². The van der Waals surface area contributed by atoms with E-state index in [1.54, 1.807) is 16.7 Å². The molecule has 0 bridgehead atoms. The van der Waals surface area contributed by atoms with Crippen LogP contribution in [0.15, 0.2) is 12.1 Å². The van der Waals surface area contributed by atoms with E-state index in [0.29, 0.717) is 45.6 Å². The molecular formula is C30H46N6O7. The summed E-state index contributed by atoms with van der Waals surface area (Å²) in [5, 5.41) is 0. The van der Waals surface area contributed by atoms with Crippen molar-refractivity contribution in [1.82, 2.24) is 14.8 Å². The van der Waals surface area contributed by atoms with Crippen LogP contribution in [0.3, 0.4) is 0 Å². The molecule has 3 aliphatic heterocycles. The van der Waals surface area contributed by atoms with E-state index >= 15 is 0 Å². The topological polar surface area (TPSA) is 125 Å². The molecule has 4 heterocycles. The van der Waals surface area contributed by atoms with Gasteiger partial charge in [-0.2, -0.15) is 0 Å². The Hall–Kier alpha value is -3.61. The summed E-state index contributed by atoms with van der Waals surface area (Å²) in [7, 11) is 0. The third-order valence-electron chi connectivity index (χ3n) is 8.47. The van der Waals surface area contributed by atoms with Gasteiger partial charge in [-0.05, 0) is 59.6 Å². The Morgan fingerprint density at radius 3 is 2.23 bits per heavy atom. The molecule has 2 amide bonds. The smallest absolute Gasteiger partial charge is 0.410 e. The lowest BCUT2D eigenvalue weighted by Gasteiger charge is -2.38. The Morgan fingerprint density at radius 2 is 1.60 bits per heavy atom. The number of rotatable bonds is 12. The summed E-state index contributed by atoms with van der Waals surface area (Å²) in [6.45, 7) is 15.5. The first-order valence-electron chi connectivity index (χ1n) is 15.6. The average molecular weight is 603 g/mol. The Labute approximate surface area is 254 Å². The monoisotopic (exact) mass is 602 g/mol. The SMILES string of the molecule is CCOC1C(=O)C(OC(=O)COC(=O)N2CCN(c3nc(N(CC)CC)ccc3N(CC)CC)CC2)C2CCCN2C1=O. The number of fused-ring (bicyclic) bond motifs is 1. The molecule has 3 atom stereocenters. The standard InChI is InChI=1S/C30H46N6O7/c1-6-32(7-2)22-13-14-23(33(8-3)9-4)31-28(22)34-16-18-35(19-17-34)30(40)42-20-24(37)43-26-21-12-11-15-36(21)29(39)27(25(26)38)41-10-5/h13-14,21,26-27H,6-12,15-20H2,1-5H3. The first-order valence-corrected chi connectivity index (χ1v) is 15.6. The predicted molar refractivity (Wildman–Crippen MR) is 162 cm³/mol. The summed E-state index contributed by atoms with van der Waals surface area (Å²) in [6.07, 6.45) is -1.76. The molecule has 13 heteroatoms. The van der Waals surface area contributed by atoms with Gasteiger partial charge in [-0.1, -0.05) is 0 Å². The van der Waals surface area contributed by atoms with Crippen molar-refractivity contribution in [2.45, 2.75) is 65.7 Å². The minimum Gasteiger partial charge on any atom is -0.449 e. The number of carbonyl (C=O) groups is 4. The molecule has 0 radical (unpaired) electrons. The van der Waals surface area contributed by atoms with Crippen LogP contribution < -0.4 is 14.7 Å². The maximum atomic E-state index is 13.0. The summed E-state index contributed by atoms with van der Waals surface area (Å²) >= 11 is 0. The summed E-state index contributed by atoms with van der Waals surface area (Å²) in [6, 6.07) is 3.68. The van der Waals surface area contributed by atoms with Crippen LogP contribution in [-0.4, -0.2) is 129 Å². The first kappa shape index (κ1) is 32.3. The number of ketones is 1. The molecule has 0 N–H and O–H groups in total. The van der Waals surface area contributed by atoms with Gasteiger partial charge in [-0.15, -0.1) is 0 Å². The quantitative estimate of drug-likeness (QED) is 0.257. The van der Waals surface area contributed by atoms with E-state index < -0.39 is 42.7 Å². The van der Waals surface area contributed by atoms with Crippen LogP contribution in [0.1, 0.15) is 47.5 Å². The highest BCUT2D eigenvalue weighted by atomic mass is 16.6. The molecule has 1 aromatic rings. The van der Waals surface area contributed by atoms with E-state index in [0.717, 1.165) is 43.5 Å². The highest BCUT2D eigenvalue weighted by Crippen LogP contribution is 2.32. The Bertz CT molecular complexity index is 1150. The van der Waals surface area contributed by atoms with Crippen LogP contribution >= 0.6 is 0 Å². The second-order valence-corrected chi connectivity index (χ2v) is 10.8. The van der Waals surface area contributed by atoms with Crippen molar-refractivity contribution in [3.05, 3.63) is 12.1 Å². The van der Waals surface area contributed by atoms with Gasteiger partial charge in [0.15, 0.2) is 24.6 Å². The van der Waals surface area contributed by atoms with E-state index in [9.17, 15) is 19.2 Å². The number of aromatic nitrogens is 1. The number of piperazine rings is 1. The number of hydrogen-bond donors (Lipinski definition) is 0.